The second kappa shape index (κ2) is 9.23. The summed E-state index contributed by atoms with van der Waals surface area (Å²) >= 11 is 0. The van der Waals surface area contributed by atoms with E-state index in [9.17, 15) is 4.79 Å². The fraction of sp³-hybridized carbons (Fsp3) is 0.318. The third-order valence-electron chi connectivity index (χ3n) is 5.06. The third kappa shape index (κ3) is 5.34. The van der Waals surface area contributed by atoms with Crippen molar-refractivity contribution in [2.45, 2.75) is 32.4 Å². The fourth-order valence-corrected chi connectivity index (χ4v) is 3.50. The Morgan fingerprint density at radius 2 is 1.83 bits per heavy atom. The van der Waals surface area contributed by atoms with E-state index < -0.39 is 0 Å². The van der Waals surface area contributed by atoms with Crippen molar-refractivity contribution >= 4 is 17.5 Å². The molecule has 7 nitrogen and oxygen atoms in total. The van der Waals surface area contributed by atoms with Crippen molar-refractivity contribution in [3.63, 3.8) is 0 Å². The van der Waals surface area contributed by atoms with Crippen LogP contribution in [-0.4, -0.2) is 33.9 Å². The summed E-state index contributed by atoms with van der Waals surface area (Å²) < 4.78 is 1.86. The summed E-state index contributed by atoms with van der Waals surface area (Å²) in [6, 6.07) is 13.5. The van der Waals surface area contributed by atoms with Crippen molar-refractivity contribution in [1.82, 2.24) is 20.1 Å². The van der Waals surface area contributed by atoms with Gasteiger partial charge in [-0.05, 0) is 60.7 Å². The third-order valence-corrected chi connectivity index (χ3v) is 5.06. The monoisotopic (exact) mass is 390 g/mol. The number of rotatable bonds is 6. The first kappa shape index (κ1) is 19.0. The highest BCUT2D eigenvalue weighted by Crippen LogP contribution is 2.18. The summed E-state index contributed by atoms with van der Waals surface area (Å²) in [4.78, 5) is 19.1. The van der Waals surface area contributed by atoms with Crippen molar-refractivity contribution in [2.24, 2.45) is 0 Å². The van der Waals surface area contributed by atoms with E-state index in [4.69, 9.17) is 0 Å². The van der Waals surface area contributed by atoms with Crippen LogP contribution in [-0.2, 0) is 13.1 Å². The molecule has 1 fully saturated rings. The van der Waals surface area contributed by atoms with E-state index in [1.54, 1.807) is 6.20 Å². The molecule has 0 spiro atoms. The van der Waals surface area contributed by atoms with Gasteiger partial charge in [0.2, 0.25) is 0 Å². The van der Waals surface area contributed by atoms with Crippen molar-refractivity contribution in [3.05, 3.63) is 72.2 Å². The molecule has 0 atom stereocenters. The van der Waals surface area contributed by atoms with Crippen molar-refractivity contribution in [3.8, 4) is 0 Å². The highest BCUT2D eigenvalue weighted by molar-refractivity contribution is 5.89. The molecule has 0 aliphatic carbocycles. The van der Waals surface area contributed by atoms with Crippen LogP contribution in [0.1, 0.15) is 30.4 Å². The molecule has 3 heterocycles. The quantitative estimate of drug-likeness (QED) is 0.674. The van der Waals surface area contributed by atoms with Gasteiger partial charge < -0.3 is 15.5 Å². The molecule has 0 saturated carbocycles. The van der Waals surface area contributed by atoms with Gasteiger partial charge >= 0.3 is 6.03 Å². The Morgan fingerprint density at radius 3 is 2.59 bits per heavy atom. The minimum absolute atomic E-state index is 0.221. The van der Waals surface area contributed by atoms with Gasteiger partial charge in [-0.1, -0.05) is 12.1 Å². The summed E-state index contributed by atoms with van der Waals surface area (Å²) in [7, 11) is 0. The molecule has 3 aromatic rings. The zero-order valence-electron chi connectivity index (χ0n) is 16.4. The average molecular weight is 390 g/mol. The Balaban J connectivity index is 1.27. The Bertz CT molecular complexity index is 917. The second-order valence-corrected chi connectivity index (χ2v) is 7.28. The number of benzene rings is 1. The molecule has 2 aromatic heterocycles. The van der Waals surface area contributed by atoms with E-state index in [1.165, 1.54) is 19.3 Å². The minimum atomic E-state index is -0.221. The molecule has 0 radical (unpaired) electrons. The number of pyridine rings is 1. The van der Waals surface area contributed by atoms with Gasteiger partial charge in [-0.25, -0.2) is 9.78 Å². The van der Waals surface area contributed by atoms with E-state index >= 15 is 0 Å². The molecule has 2 N–H and O–H groups in total. The number of hydrogen-bond acceptors (Lipinski definition) is 4. The largest absolute Gasteiger partial charge is 0.357 e. The molecule has 1 aliphatic rings. The molecule has 0 unspecified atom stereocenters. The number of hydrogen-bond donors (Lipinski definition) is 2. The highest BCUT2D eigenvalue weighted by Gasteiger charge is 2.12. The van der Waals surface area contributed by atoms with E-state index in [2.05, 4.69) is 31.7 Å². The predicted molar refractivity (Wildman–Crippen MR) is 114 cm³/mol. The topological polar surface area (TPSA) is 75.1 Å². The standard InChI is InChI=1S/C22H26N6O/c29-22(26-20-7-5-18(6-8-20)17-28-14-4-10-25-28)24-16-19-9-11-23-21(15-19)27-12-2-1-3-13-27/h4-11,14-15H,1-3,12-13,16-17H2,(H2,24,26,29). The maximum absolute atomic E-state index is 12.3. The van der Waals surface area contributed by atoms with Crippen LogP contribution in [0.2, 0.25) is 0 Å². The van der Waals surface area contributed by atoms with Crippen LogP contribution >= 0.6 is 0 Å². The Labute approximate surface area is 170 Å². The van der Waals surface area contributed by atoms with Crippen LogP contribution in [0, 0.1) is 0 Å². The maximum atomic E-state index is 12.3. The number of amides is 2. The number of urea groups is 1. The predicted octanol–water partition coefficient (Wildman–Crippen LogP) is 3.64. The van der Waals surface area contributed by atoms with E-state index in [0.29, 0.717) is 13.1 Å². The van der Waals surface area contributed by atoms with Gasteiger partial charge in [0.05, 0.1) is 6.54 Å². The second-order valence-electron chi connectivity index (χ2n) is 7.28. The highest BCUT2D eigenvalue weighted by atomic mass is 16.2. The Kier molecular flexibility index (Phi) is 6.04. The Morgan fingerprint density at radius 1 is 1.00 bits per heavy atom. The lowest BCUT2D eigenvalue weighted by Crippen LogP contribution is -2.31. The van der Waals surface area contributed by atoms with Gasteiger partial charge in [0.25, 0.3) is 0 Å². The Hall–Kier alpha value is -3.35. The lowest BCUT2D eigenvalue weighted by atomic mass is 10.1. The number of anilines is 2. The molecule has 1 aliphatic heterocycles. The number of aromatic nitrogens is 3. The molecule has 2 amide bonds. The van der Waals surface area contributed by atoms with Crippen molar-refractivity contribution in [2.75, 3.05) is 23.3 Å². The molecular weight excluding hydrogens is 364 g/mol. The summed E-state index contributed by atoms with van der Waals surface area (Å²) in [5, 5.41) is 10.00. The van der Waals surface area contributed by atoms with Crippen LogP contribution in [0.4, 0.5) is 16.3 Å². The van der Waals surface area contributed by atoms with Gasteiger partial charge in [-0.15, -0.1) is 0 Å². The summed E-state index contributed by atoms with van der Waals surface area (Å²) in [6.45, 7) is 3.29. The van der Waals surface area contributed by atoms with Crippen LogP contribution in [0.5, 0.6) is 0 Å². The van der Waals surface area contributed by atoms with Crippen molar-refractivity contribution < 1.29 is 4.79 Å². The zero-order valence-corrected chi connectivity index (χ0v) is 16.4. The maximum Gasteiger partial charge on any atom is 0.319 e. The lowest BCUT2D eigenvalue weighted by Gasteiger charge is -2.27. The first-order valence-electron chi connectivity index (χ1n) is 10.1. The summed E-state index contributed by atoms with van der Waals surface area (Å²) in [5.41, 5.74) is 2.93. The number of carbonyl (C=O) groups is 1. The number of nitrogens with zero attached hydrogens (tertiary/aromatic N) is 4. The lowest BCUT2D eigenvalue weighted by molar-refractivity contribution is 0.251. The molecule has 1 saturated heterocycles. The molecule has 4 rings (SSSR count). The first-order valence-corrected chi connectivity index (χ1v) is 10.1. The molecule has 29 heavy (non-hydrogen) atoms. The molecule has 150 valence electrons. The van der Waals surface area contributed by atoms with Crippen LogP contribution in [0.25, 0.3) is 0 Å². The number of nitrogens with one attached hydrogen (secondary N) is 2. The van der Waals surface area contributed by atoms with Gasteiger partial charge in [0, 0.05) is 43.9 Å². The van der Waals surface area contributed by atoms with Crippen molar-refractivity contribution in [1.29, 1.82) is 0 Å². The van der Waals surface area contributed by atoms with Crippen LogP contribution < -0.4 is 15.5 Å². The average Bonchev–Trinajstić information content (AvgIpc) is 3.28. The normalized spacial score (nSPS) is 13.9. The SMILES string of the molecule is O=C(NCc1ccnc(N2CCCCC2)c1)Nc1ccc(Cn2cccn2)cc1. The number of carbonyl (C=O) groups excluding carboxylic acids is 1. The smallest absolute Gasteiger partial charge is 0.319 e. The molecule has 1 aromatic carbocycles. The van der Waals surface area contributed by atoms with Crippen LogP contribution in [0.15, 0.2) is 61.1 Å². The fourth-order valence-electron chi connectivity index (χ4n) is 3.50. The van der Waals surface area contributed by atoms with E-state index in [-0.39, 0.29) is 6.03 Å². The van der Waals surface area contributed by atoms with Gasteiger partial charge in [0.15, 0.2) is 0 Å². The van der Waals surface area contributed by atoms with Gasteiger partial charge in [0.1, 0.15) is 5.82 Å². The van der Waals surface area contributed by atoms with E-state index in [1.807, 2.05) is 53.5 Å². The summed E-state index contributed by atoms with van der Waals surface area (Å²) in [5.74, 6) is 0.997. The zero-order chi connectivity index (χ0) is 19.9. The molecule has 7 heteroatoms. The molecular formula is C22H26N6O. The van der Waals surface area contributed by atoms with Crippen LogP contribution in [0.3, 0.4) is 0 Å². The summed E-state index contributed by atoms with van der Waals surface area (Å²) in [6.07, 6.45) is 9.23. The van der Waals surface area contributed by atoms with Gasteiger partial charge in [-0.3, -0.25) is 4.68 Å². The minimum Gasteiger partial charge on any atom is -0.357 e. The number of piperidine rings is 1. The first-order chi connectivity index (χ1) is 14.3. The van der Waals surface area contributed by atoms with E-state index in [0.717, 1.165) is 35.7 Å². The molecule has 0 bridgehead atoms. The van der Waals surface area contributed by atoms with Gasteiger partial charge in [-0.2, -0.15) is 5.10 Å².